The second-order valence-electron chi connectivity index (χ2n) is 7.44. The van der Waals surface area contributed by atoms with Gasteiger partial charge in [0.15, 0.2) is 0 Å². The van der Waals surface area contributed by atoms with Gasteiger partial charge in [-0.1, -0.05) is 32.9 Å². The number of pyridine rings is 1. The second-order valence-corrected chi connectivity index (χ2v) is 7.44. The number of methoxy groups -OCH3 is 1. The minimum atomic E-state index is -1.01. The lowest BCUT2D eigenvalue weighted by atomic mass is 9.87. The molecule has 0 aliphatic rings. The molecule has 2 rings (SSSR count). The number of aromatic nitrogens is 1. The minimum absolute atomic E-state index is 0.0301. The van der Waals surface area contributed by atoms with Crippen molar-refractivity contribution in [2.75, 3.05) is 13.7 Å². The van der Waals surface area contributed by atoms with Gasteiger partial charge < -0.3 is 19.1 Å². The van der Waals surface area contributed by atoms with Gasteiger partial charge in [-0.05, 0) is 29.2 Å². The van der Waals surface area contributed by atoms with Crippen LogP contribution in [0.3, 0.4) is 0 Å². The van der Waals surface area contributed by atoms with Crippen molar-refractivity contribution in [1.29, 1.82) is 5.26 Å². The zero-order valence-electron chi connectivity index (χ0n) is 16.4. The molecule has 7 heteroatoms. The molecule has 1 heterocycles. The van der Waals surface area contributed by atoms with E-state index in [1.165, 1.54) is 19.4 Å². The van der Waals surface area contributed by atoms with Gasteiger partial charge >= 0.3 is 5.97 Å². The zero-order valence-corrected chi connectivity index (χ0v) is 16.4. The Bertz CT molecular complexity index is 933. The molecule has 28 heavy (non-hydrogen) atoms. The van der Waals surface area contributed by atoms with E-state index in [9.17, 15) is 14.7 Å². The van der Waals surface area contributed by atoms with E-state index in [2.05, 4.69) is 25.5 Å². The van der Waals surface area contributed by atoms with Crippen molar-refractivity contribution in [3.8, 4) is 11.8 Å². The van der Waals surface area contributed by atoms with Crippen LogP contribution < -0.4 is 10.3 Å². The third-order valence-corrected chi connectivity index (χ3v) is 4.20. The molecule has 0 unspecified atom stereocenters. The molecule has 0 saturated heterocycles. The molecule has 1 N–H and O–H groups in total. The average molecular weight is 384 g/mol. The van der Waals surface area contributed by atoms with Crippen LogP contribution in [0.1, 0.15) is 42.3 Å². The highest BCUT2D eigenvalue weighted by molar-refractivity contribution is 5.89. The fraction of sp³-hybridized carbons (Fsp3) is 0.381. The lowest BCUT2D eigenvalue weighted by molar-refractivity contribution is 0.0597. The molecular weight excluding hydrogens is 360 g/mol. The van der Waals surface area contributed by atoms with Crippen molar-refractivity contribution in [2.45, 2.75) is 38.8 Å². The molecule has 0 amide bonds. The van der Waals surface area contributed by atoms with E-state index in [1.54, 1.807) is 6.07 Å². The van der Waals surface area contributed by atoms with Crippen molar-refractivity contribution in [3.63, 3.8) is 0 Å². The standard InChI is InChI=1S/C21H24N2O5/c1-21(2,3)16-5-7-18(8-6-16)28-13-17(24)12-23-11-15(20(26)27-4)9-14(10-22)19(23)25/h5-9,11,17,24H,12-13H2,1-4H3/t17-/m1/s1. The third-order valence-electron chi connectivity index (χ3n) is 4.20. The van der Waals surface area contributed by atoms with Crippen LogP contribution in [0, 0.1) is 11.3 Å². The van der Waals surface area contributed by atoms with Gasteiger partial charge in [0.05, 0.1) is 19.2 Å². The highest BCUT2D eigenvalue weighted by atomic mass is 16.5. The monoisotopic (exact) mass is 384 g/mol. The molecule has 1 atom stereocenters. The normalized spacial score (nSPS) is 12.1. The van der Waals surface area contributed by atoms with Crippen LogP contribution >= 0.6 is 0 Å². The molecule has 7 nitrogen and oxygen atoms in total. The van der Waals surface area contributed by atoms with Crippen molar-refractivity contribution in [2.24, 2.45) is 0 Å². The lowest BCUT2D eigenvalue weighted by Gasteiger charge is -2.19. The van der Waals surface area contributed by atoms with Crippen molar-refractivity contribution in [1.82, 2.24) is 4.57 Å². The number of carbonyl (C=O) groups excluding carboxylic acids is 1. The summed E-state index contributed by atoms with van der Waals surface area (Å²) in [5, 5.41) is 19.3. The summed E-state index contributed by atoms with van der Waals surface area (Å²) in [6.07, 6.45) is 0.246. The number of nitriles is 1. The van der Waals surface area contributed by atoms with Crippen LogP contribution in [0.25, 0.3) is 0 Å². The van der Waals surface area contributed by atoms with E-state index in [0.717, 1.165) is 10.1 Å². The molecule has 0 aliphatic carbocycles. The van der Waals surface area contributed by atoms with Crippen LogP contribution in [0.4, 0.5) is 0 Å². The Labute approximate surface area is 163 Å². The average Bonchev–Trinajstić information content (AvgIpc) is 2.67. The van der Waals surface area contributed by atoms with Gasteiger partial charge in [-0.25, -0.2) is 4.79 Å². The summed E-state index contributed by atoms with van der Waals surface area (Å²) in [6.45, 7) is 6.16. The van der Waals surface area contributed by atoms with Crippen molar-refractivity contribution < 1.29 is 19.4 Å². The number of carbonyl (C=O) groups is 1. The van der Waals surface area contributed by atoms with Gasteiger partial charge in [0, 0.05) is 6.20 Å². The van der Waals surface area contributed by atoms with E-state index in [1.807, 2.05) is 24.3 Å². The van der Waals surface area contributed by atoms with Gasteiger partial charge in [-0.2, -0.15) is 5.26 Å². The van der Waals surface area contributed by atoms with Crippen LogP contribution in [0.2, 0.25) is 0 Å². The number of hydrogen-bond acceptors (Lipinski definition) is 6. The number of rotatable bonds is 6. The van der Waals surface area contributed by atoms with Crippen LogP contribution in [0.15, 0.2) is 41.3 Å². The van der Waals surface area contributed by atoms with E-state index < -0.39 is 17.6 Å². The lowest BCUT2D eigenvalue weighted by Crippen LogP contribution is -2.32. The predicted molar refractivity (Wildman–Crippen MR) is 103 cm³/mol. The second kappa shape index (κ2) is 8.72. The molecule has 0 bridgehead atoms. The first kappa shape index (κ1) is 21.2. The maximum atomic E-state index is 12.2. The van der Waals surface area contributed by atoms with Gasteiger partial charge in [-0.15, -0.1) is 0 Å². The topological polar surface area (TPSA) is 102 Å². The third kappa shape index (κ3) is 5.21. The molecular formula is C21H24N2O5. The maximum absolute atomic E-state index is 12.2. The van der Waals surface area contributed by atoms with E-state index in [0.29, 0.717) is 5.75 Å². The maximum Gasteiger partial charge on any atom is 0.339 e. The first-order chi connectivity index (χ1) is 13.2. The zero-order chi connectivity index (χ0) is 20.9. The van der Waals surface area contributed by atoms with Gasteiger partial charge in [0.2, 0.25) is 0 Å². The summed E-state index contributed by atoms with van der Waals surface area (Å²) < 4.78 is 11.3. The Morgan fingerprint density at radius 3 is 2.46 bits per heavy atom. The molecule has 1 aromatic carbocycles. The molecule has 0 spiro atoms. The summed E-state index contributed by atoms with van der Waals surface area (Å²) in [4.78, 5) is 23.9. The minimum Gasteiger partial charge on any atom is -0.491 e. The Morgan fingerprint density at radius 2 is 1.93 bits per heavy atom. The highest BCUT2D eigenvalue weighted by Gasteiger charge is 2.16. The summed E-state index contributed by atoms with van der Waals surface area (Å²) in [5.74, 6) is -0.0737. The number of benzene rings is 1. The molecule has 0 saturated carbocycles. The SMILES string of the molecule is COC(=O)c1cc(C#N)c(=O)n(C[C@@H](O)COc2ccc(C(C)(C)C)cc2)c1. The Morgan fingerprint density at radius 1 is 1.29 bits per heavy atom. The highest BCUT2D eigenvalue weighted by Crippen LogP contribution is 2.24. The van der Waals surface area contributed by atoms with E-state index in [4.69, 9.17) is 10.00 Å². The number of nitrogens with zero attached hydrogens (tertiary/aromatic N) is 2. The Hall–Kier alpha value is -3.11. The Kier molecular flexibility index (Phi) is 6.60. The smallest absolute Gasteiger partial charge is 0.339 e. The van der Waals surface area contributed by atoms with Gasteiger partial charge in [-0.3, -0.25) is 4.79 Å². The van der Waals surface area contributed by atoms with E-state index in [-0.39, 0.29) is 29.7 Å². The molecule has 1 aromatic heterocycles. The summed E-state index contributed by atoms with van der Waals surface area (Å²) >= 11 is 0. The number of aliphatic hydroxyl groups is 1. The van der Waals surface area contributed by atoms with Gasteiger partial charge in [0.25, 0.3) is 5.56 Å². The summed E-state index contributed by atoms with van der Waals surface area (Å²) in [6, 6.07) is 10.5. The largest absolute Gasteiger partial charge is 0.491 e. The fourth-order valence-corrected chi connectivity index (χ4v) is 2.60. The molecule has 0 aliphatic heterocycles. The van der Waals surface area contributed by atoms with E-state index >= 15 is 0 Å². The van der Waals surface area contributed by atoms with Crippen molar-refractivity contribution in [3.05, 3.63) is 63.6 Å². The summed E-state index contributed by atoms with van der Waals surface area (Å²) in [5.41, 5.74) is 0.458. The number of ether oxygens (including phenoxy) is 2. The Balaban J connectivity index is 2.08. The summed E-state index contributed by atoms with van der Waals surface area (Å²) in [7, 11) is 1.21. The number of aliphatic hydroxyl groups excluding tert-OH is 1. The van der Waals surface area contributed by atoms with Crippen molar-refractivity contribution >= 4 is 5.97 Å². The molecule has 0 fully saturated rings. The molecule has 148 valence electrons. The fourth-order valence-electron chi connectivity index (χ4n) is 2.60. The number of esters is 1. The first-order valence-corrected chi connectivity index (χ1v) is 8.80. The molecule has 2 aromatic rings. The van der Waals surface area contributed by atoms with Crippen LogP contribution in [-0.2, 0) is 16.7 Å². The predicted octanol–water partition coefficient (Wildman–Crippen LogP) is 2.24. The number of hydrogen-bond donors (Lipinski definition) is 1. The van der Waals surface area contributed by atoms with Gasteiger partial charge in [0.1, 0.15) is 30.1 Å². The quantitative estimate of drug-likeness (QED) is 0.767. The first-order valence-electron chi connectivity index (χ1n) is 8.80. The van der Waals surface area contributed by atoms with Crippen LogP contribution in [0.5, 0.6) is 5.75 Å². The van der Waals surface area contributed by atoms with Crippen LogP contribution in [-0.4, -0.2) is 35.5 Å². The molecule has 0 radical (unpaired) electrons.